The molecule has 17 heavy (non-hydrogen) atoms. The van der Waals surface area contributed by atoms with Gasteiger partial charge in [0.05, 0.1) is 5.75 Å². The van der Waals surface area contributed by atoms with E-state index in [1.165, 1.54) is 12.8 Å². The Kier molecular flexibility index (Phi) is 4.44. The summed E-state index contributed by atoms with van der Waals surface area (Å²) >= 11 is 0. The normalized spacial score (nSPS) is 27.2. The maximum atomic E-state index is 12.0. The molecule has 1 unspecified atom stereocenters. The van der Waals surface area contributed by atoms with Gasteiger partial charge in [0.15, 0.2) is 0 Å². The van der Waals surface area contributed by atoms with Crippen molar-refractivity contribution in [3.05, 3.63) is 0 Å². The van der Waals surface area contributed by atoms with E-state index in [0.29, 0.717) is 18.1 Å². The van der Waals surface area contributed by atoms with E-state index in [4.69, 9.17) is 0 Å². The highest BCUT2D eigenvalue weighted by atomic mass is 32.2. The first-order valence-corrected chi connectivity index (χ1v) is 8.44. The first-order valence-electron chi connectivity index (χ1n) is 6.83. The second kappa shape index (κ2) is 5.67. The minimum absolute atomic E-state index is 0.301. The third kappa shape index (κ3) is 3.93. The number of rotatable bonds is 6. The quantitative estimate of drug-likeness (QED) is 0.780. The molecule has 2 fully saturated rings. The highest BCUT2D eigenvalue weighted by Gasteiger charge is 2.29. The van der Waals surface area contributed by atoms with Crippen LogP contribution in [-0.4, -0.2) is 44.2 Å². The van der Waals surface area contributed by atoms with Crippen molar-refractivity contribution < 1.29 is 8.42 Å². The minimum atomic E-state index is -2.98. The Morgan fingerprint density at radius 1 is 1.29 bits per heavy atom. The van der Waals surface area contributed by atoms with Crippen LogP contribution in [0.5, 0.6) is 0 Å². The molecule has 2 aliphatic rings. The lowest BCUT2D eigenvalue weighted by Gasteiger charge is -2.32. The van der Waals surface area contributed by atoms with E-state index in [-0.39, 0.29) is 0 Å². The molecule has 1 saturated carbocycles. The molecule has 100 valence electrons. The molecule has 0 aromatic rings. The van der Waals surface area contributed by atoms with Crippen molar-refractivity contribution in [3.8, 4) is 0 Å². The molecule has 0 amide bonds. The lowest BCUT2D eigenvalue weighted by molar-refractivity contribution is 0.259. The van der Waals surface area contributed by atoms with Gasteiger partial charge in [-0.2, -0.15) is 0 Å². The molecule has 4 nitrogen and oxygen atoms in total. The monoisotopic (exact) mass is 260 g/mol. The molecule has 0 aromatic heterocycles. The van der Waals surface area contributed by atoms with Gasteiger partial charge in [-0.05, 0) is 44.6 Å². The van der Waals surface area contributed by atoms with Crippen molar-refractivity contribution >= 4 is 10.0 Å². The summed E-state index contributed by atoms with van der Waals surface area (Å²) in [4.78, 5) is 0. The zero-order chi connectivity index (χ0) is 12.3. The Morgan fingerprint density at radius 2 is 2.06 bits per heavy atom. The van der Waals surface area contributed by atoms with Crippen LogP contribution in [0.2, 0.25) is 0 Å². The number of hydrogen-bond donors (Lipinski definition) is 1. The highest BCUT2D eigenvalue weighted by molar-refractivity contribution is 7.89. The molecule has 0 spiro atoms. The molecule has 2 rings (SSSR count). The third-order valence-electron chi connectivity index (χ3n) is 3.61. The summed E-state index contributed by atoms with van der Waals surface area (Å²) in [6.45, 7) is 4.36. The summed E-state index contributed by atoms with van der Waals surface area (Å²) in [5.74, 6) is 0.812. The van der Waals surface area contributed by atoms with E-state index in [1.54, 1.807) is 4.31 Å². The molecule has 1 aliphatic carbocycles. The van der Waals surface area contributed by atoms with E-state index in [9.17, 15) is 8.42 Å². The zero-order valence-electron chi connectivity index (χ0n) is 10.7. The van der Waals surface area contributed by atoms with E-state index in [1.807, 2.05) is 6.92 Å². The van der Waals surface area contributed by atoms with E-state index < -0.39 is 10.0 Å². The largest absolute Gasteiger partial charge is 0.314 e. The molecular weight excluding hydrogens is 236 g/mol. The summed E-state index contributed by atoms with van der Waals surface area (Å²) in [6.07, 6.45) is 5.48. The molecule has 1 aliphatic heterocycles. The van der Waals surface area contributed by atoms with Gasteiger partial charge in [-0.15, -0.1) is 0 Å². The predicted octanol–water partition coefficient (Wildman–Crippen LogP) is 1.19. The predicted molar refractivity (Wildman–Crippen MR) is 69.4 cm³/mol. The van der Waals surface area contributed by atoms with Crippen molar-refractivity contribution in [1.82, 2.24) is 9.62 Å². The minimum Gasteiger partial charge on any atom is -0.314 e. The SMILES string of the molecule is CCCS(=O)(=O)N1CCCC(CNC2CC2)C1. The van der Waals surface area contributed by atoms with Crippen molar-refractivity contribution in [1.29, 1.82) is 0 Å². The number of nitrogens with zero attached hydrogens (tertiary/aromatic N) is 1. The van der Waals surface area contributed by atoms with E-state index in [2.05, 4.69) is 5.32 Å². The summed E-state index contributed by atoms with van der Waals surface area (Å²) < 4.78 is 25.7. The first kappa shape index (κ1) is 13.3. The maximum absolute atomic E-state index is 12.0. The lowest BCUT2D eigenvalue weighted by Crippen LogP contribution is -2.43. The van der Waals surface area contributed by atoms with Gasteiger partial charge >= 0.3 is 0 Å². The van der Waals surface area contributed by atoms with Gasteiger partial charge < -0.3 is 5.32 Å². The van der Waals surface area contributed by atoms with E-state index in [0.717, 1.165) is 38.5 Å². The fourth-order valence-corrected chi connectivity index (χ4v) is 4.07. The summed E-state index contributed by atoms with van der Waals surface area (Å²) in [7, 11) is -2.98. The molecule has 1 saturated heterocycles. The molecule has 1 heterocycles. The Hall–Kier alpha value is -0.130. The van der Waals surface area contributed by atoms with Crippen molar-refractivity contribution in [3.63, 3.8) is 0 Å². The molecule has 0 aromatic carbocycles. The van der Waals surface area contributed by atoms with Crippen LogP contribution in [0, 0.1) is 5.92 Å². The first-order chi connectivity index (χ1) is 8.12. The van der Waals surface area contributed by atoms with Gasteiger partial charge in [0, 0.05) is 19.1 Å². The van der Waals surface area contributed by atoms with Crippen LogP contribution in [0.25, 0.3) is 0 Å². The summed E-state index contributed by atoms with van der Waals surface area (Å²) in [5, 5.41) is 3.51. The lowest BCUT2D eigenvalue weighted by atomic mass is 10.00. The second-order valence-corrected chi connectivity index (χ2v) is 7.45. The van der Waals surface area contributed by atoms with Crippen LogP contribution >= 0.6 is 0 Å². The van der Waals surface area contributed by atoms with Crippen molar-refractivity contribution in [2.75, 3.05) is 25.4 Å². The Balaban J connectivity index is 1.82. The second-order valence-electron chi connectivity index (χ2n) is 5.36. The van der Waals surface area contributed by atoms with Crippen molar-refractivity contribution in [2.24, 2.45) is 5.92 Å². The van der Waals surface area contributed by atoms with Crippen LogP contribution < -0.4 is 5.32 Å². The average Bonchev–Trinajstić information content (AvgIpc) is 3.10. The maximum Gasteiger partial charge on any atom is 0.214 e. The molecule has 0 bridgehead atoms. The van der Waals surface area contributed by atoms with Crippen LogP contribution in [0.3, 0.4) is 0 Å². The smallest absolute Gasteiger partial charge is 0.214 e. The summed E-state index contributed by atoms with van der Waals surface area (Å²) in [5.41, 5.74) is 0. The standard InChI is InChI=1S/C12H24N2O2S/c1-2-8-17(15,16)14-7-3-4-11(10-14)9-13-12-5-6-12/h11-13H,2-10H2,1H3. The topological polar surface area (TPSA) is 49.4 Å². The van der Waals surface area contributed by atoms with Crippen LogP contribution in [0.15, 0.2) is 0 Å². The van der Waals surface area contributed by atoms with Crippen LogP contribution in [0.1, 0.15) is 39.0 Å². The highest BCUT2D eigenvalue weighted by Crippen LogP contribution is 2.22. The number of sulfonamides is 1. The molecule has 0 radical (unpaired) electrons. The van der Waals surface area contributed by atoms with Crippen LogP contribution in [0.4, 0.5) is 0 Å². The van der Waals surface area contributed by atoms with Gasteiger partial charge in [-0.25, -0.2) is 12.7 Å². The molecular formula is C12H24N2O2S. The van der Waals surface area contributed by atoms with Gasteiger partial charge in [0.1, 0.15) is 0 Å². The summed E-state index contributed by atoms with van der Waals surface area (Å²) in [6, 6.07) is 0.720. The fourth-order valence-electron chi connectivity index (χ4n) is 2.45. The molecule has 5 heteroatoms. The number of piperidine rings is 1. The Morgan fingerprint density at radius 3 is 2.71 bits per heavy atom. The van der Waals surface area contributed by atoms with Crippen molar-refractivity contribution in [2.45, 2.75) is 45.1 Å². The van der Waals surface area contributed by atoms with Gasteiger partial charge in [-0.1, -0.05) is 6.92 Å². The number of hydrogen-bond acceptors (Lipinski definition) is 3. The van der Waals surface area contributed by atoms with E-state index >= 15 is 0 Å². The Labute approximate surface area is 105 Å². The number of nitrogens with one attached hydrogen (secondary N) is 1. The zero-order valence-corrected chi connectivity index (χ0v) is 11.5. The average molecular weight is 260 g/mol. The van der Waals surface area contributed by atoms with Gasteiger partial charge in [-0.3, -0.25) is 0 Å². The molecule has 1 atom stereocenters. The third-order valence-corrected chi connectivity index (χ3v) is 5.65. The fraction of sp³-hybridized carbons (Fsp3) is 1.00. The Bertz CT molecular complexity index is 338. The van der Waals surface area contributed by atoms with Gasteiger partial charge in [0.25, 0.3) is 0 Å². The van der Waals surface area contributed by atoms with Crippen LogP contribution in [-0.2, 0) is 10.0 Å². The molecule has 1 N–H and O–H groups in total. The van der Waals surface area contributed by atoms with Gasteiger partial charge in [0.2, 0.25) is 10.0 Å².